The molecule has 1 heterocycles. The Hall–Kier alpha value is -1.92. The van der Waals surface area contributed by atoms with Gasteiger partial charge < -0.3 is 16.0 Å². The van der Waals surface area contributed by atoms with Gasteiger partial charge >= 0.3 is 0 Å². The highest BCUT2D eigenvalue weighted by atomic mass is 16.2. The van der Waals surface area contributed by atoms with Crippen molar-refractivity contribution in [3.63, 3.8) is 0 Å². The molecule has 2 fully saturated rings. The Morgan fingerprint density at radius 2 is 1.69 bits per heavy atom. The average Bonchev–Trinajstić information content (AvgIpc) is 2.69. The summed E-state index contributed by atoms with van der Waals surface area (Å²) in [4.78, 5) is 28.8. The van der Waals surface area contributed by atoms with Gasteiger partial charge in [0.05, 0.1) is 6.54 Å². The van der Waals surface area contributed by atoms with Crippen molar-refractivity contribution >= 4 is 11.8 Å². The lowest BCUT2D eigenvalue weighted by Crippen LogP contribution is -2.53. The van der Waals surface area contributed by atoms with Crippen LogP contribution in [0.3, 0.4) is 0 Å². The first-order valence-electron chi connectivity index (χ1n) is 9.74. The van der Waals surface area contributed by atoms with Gasteiger partial charge in [-0.2, -0.15) is 0 Å². The van der Waals surface area contributed by atoms with Crippen molar-refractivity contribution in [1.82, 2.24) is 15.1 Å². The Labute approximate surface area is 155 Å². The number of nitrogens with zero attached hydrogens (tertiary/aromatic N) is 2. The smallest absolute Gasteiger partial charge is 0.244 e. The summed E-state index contributed by atoms with van der Waals surface area (Å²) in [6, 6.07) is 9.21. The zero-order chi connectivity index (χ0) is 18.4. The lowest BCUT2D eigenvalue weighted by Gasteiger charge is -2.36. The lowest BCUT2D eigenvalue weighted by atomic mass is 9.95. The molecule has 1 saturated carbocycles. The molecule has 6 heteroatoms. The number of carbonyl (C=O) groups excluding carboxylic acids is 2. The summed E-state index contributed by atoms with van der Waals surface area (Å²) in [5, 5.41) is 3.16. The molecule has 1 aromatic carbocycles. The maximum Gasteiger partial charge on any atom is 0.244 e. The number of piperazine rings is 1. The minimum Gasteiger partial charge on any atom is -0.352 e. The van der Waals surface area contributed by atoms with Crippen LogP contribution in [0.25, 0.3) is 0 Å². The van der Waals surface area contributed by atoms with Crippen LogP contribution in [0.2, 0.25) is 0 Å². The molecule has 3 rings (SSSR count). The van der Waals surface area contributed by atoms with Crippen LogP contribution in [-0.2, 0) is 9.59 Å². The fraction of sp³-hybridized carbons (Fsp3) is 0.600. The van der Waals surface area contributed by atoms with Crippen LogP contribution in [0.4, 0.5) is 0 Å². The molecule has 1 unspecified atom stereocenters. The van der Waals surface area contributed by atoms with E-state index in [0.717, 1.165) is 18.4 Å². The third-order valence-corrected chi connectivity index (χ3v) is 5.45. The normalized spacial score (nSPS) is 20.6. The van der Waals surface area contributed by atoms with Crippen LogP contribution < -0.4 is 11.1 Å². The molecular formula is C20H30N4O2. The molecule has 1 atom stereocenters. The van der Waals surface area contributed by atoms with Crippen molar-refractivity contribution in [3.05, 3.63) is 35.9 Å². The van der Waals surface area contributed by atoms with Gasteiger partial charge in [-0.15, -0.1) is 0 Å². The molecule has 0 aromatic heterocycles. The summed E-state index contributed by atoms with van der Waals surface area (Å²) in [6.07, 6.45) is 5.92. The topological polar surface area (TPSA) is 78.7 Å². The van der Waals surface area contributed by atoms with Crippen molar-refractivity contribution in [2.24, 2.45) is 5.73 Å². The van der Waals surface area contributed by atoms with E-state index in [-0.39, 0.29) is 11.8 Å². The van der Waals surface area contributed by atoms with Gasteiger partial charge in [-0.1, -0.05) is 49.6 Å². The van der Waals surface area contributed by atoms with Crippen LogP contribution >= 0.6 is 0 Å². The van der Waals surface area contributed by atoms with E-state index in [1.807, 2.05) is 35.2 Å². The first-order valence-corrected chi connectivity index (χ1v) is 9.74. The second-order valence-electron chi connectivity index (χ2n) is 7.39. The molecule has 6 nitrogen and oxygen atoms in total. The summed E-state index contributed by atoms with van der Waals surface area (Å²) in [5.74, 6) is 0.0696. The van der Waals surface area contributed by atoms with E-state index in [1.165, 1.54) is 19.3 Å². The first kappa shape index (κ1) is 18.9. The minimum atomic E-state index is -0.614. The van der Waals surface area contributed by atoms with Gasteiger partial charge in [-0.05, 0) is 18.4 Å². The largest absolute Gasteiger partial charge is 0.352 e. The number of carbonyl (C=O) groups is 2. The van der Waals surface area contributed by atoms with Gasteiger partial charge in [0.15, 0.2) is 0 Å². The predicted octanol–water partition coefficient (Wildman–Crippen LogP) is 1.28. The Bertz CT molecular complexity index is 593. The van der Waals surface area contributed by atoms with Crippen molar-refractivity contribution in [1.29, 1.82) is 0 Å². The Morgan fingerprint density at radius 1 is 1.04 bits per heavy atom. The molecule has 26 heavy (non-hydrogen) atoms. The second kappa shape index (κ2) is 9.14. The minimum absolute atomic E-state index is 0.0393. The monoisotopic (exact) mass is 358 g/mol. The van der Waals surface area contributed by atoms with Crippen molar-refractivity contribution < 1.29 is 9.59 Å². The predicted molar refractivity (Wildman–Crippen MR) is 101 cm³/mol. The fourth-order valence-corrected chi connectivity index (χ4v) is 3.85. The summed E-state index contributed by atoms with van der Waals surface area (Å²) in [6.45, 7) is 3.09. The van der Waals surface area contributed by atoms with Gasteiger partial charge in [0.2, 0.25) is 11.8 Å². The standard InChI is InChI=1S/C20H30N4O2/c21-19(16-7-3-1-4-8-16)20(26)24-13-11-23(12-14-24)15-18(25)22-17-9-5-2-6-10-17/h1,3-4,7-8,17,19H,2,5-6,9-15,21H2,(H,22,25). The van der Waals surface area contributed by atoms with Gasteiger partial charge in [-0.3, -0.25) is 14.5 Å². The molecule has 0 radical (unpaired) electrons. The molecule has 1 aromatic rings. The van der Waals surface area contributed by atoms with Gasteiger partial charge in [0.1, 0.15) is 6.04 Å². The number of nitrogens with two attached hydrogens (primary N) is 1. The zero-order valence-electron chi connectivity index (χ0n) is 15.4. The Balaban J connectivity index is 1.42. The molecule has 142 valence electrons. The molecule has 3 N–H and O–H groups in total. The van der Waals surface area contributed by atoms with E-state index in [2.05, 4.69) is 10.2 Å². The number of benzene rings is 1. The van der Waals surface area contributed by atoms with Crippen LogP contribution in [0.5, 0.6) is 0 Å². The molecule has 1 saturated heterocycles. The molecule has 0 spiro atoms. The van der Waals surface area contributed by atoms with E-state index in [1.54, 1.807) is 0 Å². The van der Waals surface area contributed by atoms with E-state index < -0.39 is 6.04 Å². The van der Waals surface area contributed by atoms with Crippen LogP contribution in [0.15, 0.2) is 30.3 Å². The number of nitrogens with one attached hydrogen (secondary N) is 1. The first-order chi connectivity index (χ1) is 12.6. The lowest BCUT2D eigenvalue weighted by molar-refractivity contribution is -0.134. The SMILES string of the molecule is NC(C(=O)N1CCN(CC(=O)NC2CCCCC2)CC1)c1ccccc1. The molecule has 0 bridgehead atoms. The summed E-state index contributed by atoms with van der Waals surface area (Å²) >= 11 is 0. The molecule has 1 aliphatic heterocycles. The quantitative estimate of drug-likeness (QED) is 0.831. The number of hydrogen-bond acceptors (Lipinski definition) is 4. The summed E-state index contributed by atoms with van der Waals surface area (Å²) in [7, 11) is 0. The summed E-state index contributed by atoms with van der Waals surface area (Å²) < 4.78 is 0. The maximum atomic E-state index is 12.6. The van der Waals surface area contributed by atoms with Gasteiger partial charge in [0, 0.05) is 32.2 Å². The molecule has 1 aliphatic carbocycles. The third kappa shape index (κ3) is 5.05. The Morgan fingerprint density at radius 3 is 2.35 bits per heavy atom. The van der Waals surface area contributed by atoms with E-state index in [0.29, 0.717) is 38.8 Å². The van der Waals surface area contributed by atoms with Crippen LogP contribution in [-0.4, -0.2) is 60.4 Å². The number of amides is 2. The molecule has 2 amide bonds. The molecular weight excluding hydrogens is 328 g/mol. The Kier molecular flexibility index (Phi) is 6.63. The second-order valence-corrected chi connectivity index (χ2v) is 7.39. The van der Waals surface area contributed by atoms with E-state index >= 15 is 0 Å². The van der Waals surface area contributed by atoms with E-state index in [4.69, 9.17) is 5.73 Å². The van der Waals surface area contributed by atoms with E-state index in [9.17, 15) is 9.59 Å². The van der Waals surface area contributed by atoms with Gasteiger partial charge in [-0.25, -0.2) is 0 Å². The maximum absolute atomic E-state index is 12.6. The van der Waals surface area contributed by atoms with Crippen molar-refractivity contribution in [3.8, 4) is 0 Å². The molecule has 2 aliphatic rings. The average molecular weight is 358 g/mol. The van der Waals surface area contributed by atoms with Gasteiger partial charge in [0.25, 0.3) is 0 Å². The van der Waals surface area contributed by atoms with Crippen LogP contribution in [0.1, 0.15) is 43.7 Å². The highest BCUT2D eigenvalue weighted by Crippen LogP contribution is 2.17. The fourth-order valence-electron chi connectivity index (χ4n) is 3.85. The third-order valence-electron chi connectivity index (χ3n) is 5.45. The van der Waals surface area contributed by atoms with Crippen molar-refractivity contribution in [2.75, 3.05) is 32.7 Å². The summed E-state index contributed by atoms with van der Waals surface area (Å²) in [5.41, 5.74) is 6.96. The number of hydrogen-bond donors (Lipinski definition) is 2. The highest BCUT2D eigenvalue weighted by molar-refractivity contribution is 5.83. The highest BCUT2D eigenvalue weighted by Gasteiger charge is 2.27. The number of rotatable bonds is 5. The zero-order valence-corrected chi connectivity index (χ0v) is 15.4. The van der Waals surface area contributed by atoms with Crippen LogP contribution in [0, 0.1) is 0 Å². The van der Waals surface area contributed by atoms with Crippen molar-refractivity contribution in [2.45, 2.75) is 44.2 Å².